The van der Waals surface area contributed by atoms with E-state index >= 15 is 0 Å². The van der Waals surface area contributed by atoms with Crippen LogP contribution in [-0.4, -0.2) is 25.9 Å². The van der Waals surface area contributed by atoms with Crippen LogP contribution in [0.4, 0.5) is 5.69 Å². The minimum absolute atomic E-state index is 0.258. The van der Waals surface area contributed by atoms with Gasteiger partial charge >= 0.3 is 0 Å². The van der Waals surface area contributed by atoms with E-state index in [4.69, 9.17) is 19.9 Å². The molecule has 0 spiro atoms. The molecule has 0 bridgehead atoms. The van der Waals surface area contributed by atoms with Crippen LogP contribution in [0.25, 0.3) is 0 Å². The number of aryl methyl sites for hydroxylation is 1. The van der Waals surface area contributed by atoms with Gasteiger partial charge in [0.25, 0.3) is 0 Å². The van der Waals surface area contributed by atoms with Crippen molar-refractivity contribution in [3.05, 3.63) is 47.5 Å². The summed E-state index contributed by atoms with van der Waals surface area (Å²) in [4.78, 5) is 4.36. The summed E-state index contributed by atoms with van der Waals surface area (Å²) in [7, 11) is 0. The van der Waals surface area contributed by atoms with Crippen molar-refractivity contribution in [2.24, 2.45) is 10.7 Å². The summed E-state index contributed by atoms with van der Waals surface area (Å²) in [5.74, 6) is 2.60. The summed E-state index contributed by atoms with van der Waals surface area (Å²) >= 11 is 0. The van der Waals surface area contributed by atoms with Gasteiger partial charge in [0.1, 0.15) is 12.4 Å². The third-order valence-corrected chi connectivity index (χ3v) is 4.64. The zero-order chi connectivity index (χ0) is 17.8. The van der Waals surface area contributed by atoms with E-state index in [1.807, 2.05) is 18.2 Å². The maximum Gasteiger partial charge on any atom is 0.231 e. The van der Waals surface area contributed by atoms with E-state index in [1.165, 1.54) is 24.0 Å². The Morgan fingerprint density at radius 2 is 2.00 bits per heavy atom. The summed E-state index contributed by atoms with van der Waals surface area (Å²) in [5, 5.41) is 3.24. The lowest BCUT2D eigenvalue weighted by Gasteiger charge is -2.19. The fourth-order valence-corrected chi connectivity index (χ4v) is 3.37. The number of guanidine groups is 1. The molecule has 0 amide bonds. The molecule has 2 aromatic rings. The zero-order valence-electron chi connectivity index (χ0n) is 14.7. The molecule has 2 aromatic carbocycles. The number of benzene rings is 2. The Morgan fingerprint density at radius 1 is 1.12 bits per heavy atom. The van der Waals surface area contributed by atoms with Crippen molar-refractivity contribution in [1.29, 1.82) is 0 Å². The number of nitrogens with one attached hydrogen (secondary N) is 1. The van der Waals surface area contributed by atoms with Crippen LogP contribution in [0, 0.1) is 0 Å². The normalized spacial score (nSPS) is 15.5. The molecule has 0 aromatic heterocycles. The maximum absolute atomic E-state index is 6.04. The van der Waals surface area contributed by atoms with Gasteiger partial charge in [0.05, 0.1) is 6.54 Å². The molecule has 0 atom stereocenters. The van der Waals surface area contributed by atoms with E-state index in [-0.39, 0.29) is 6.79 Å². The number of anilines is 1. The molecule has 0 radical (unpaired) electrons. The molecule has 4 rings (SSSR count). The molecular weight excluding hydrogens is 330 g/mol. The number of hydrogen-bond acceptors (Lipinski definition) is 4. The summed E-state index contributed by atoms with van der Waals surface area (Å²) in [5.41, 5.74) is 9.89. The fraction of sp³-hybridized carbons (Fsp3) is 0.350. The number of nitrogens with two attached hydrogens (primary N) is 1. The summed E-state index contributed by atoms with van der Waals surface area (Å²) in [6.45, 7) is 1.17. The molecule has 1 aliphatic heterocycles. The first-order valence-corrected chi connectivity index (χ1v) is 9.00. The van der Waals surface area contributed by atoms with E-state index in [0.29, 0.717) is 24.9 Å². The van der Waals surface area contributed by atoms with E-state index in [9.17, 15) is 0 Å². The molecule has 1 aliphatic carbocycles. The molecular formula is C20H23N3O3. The number of rotatable bonds is 5. The molecule has 136 valence electrons. The second-order valence-corrected chi connectivity index (χ2v) is 6.41. The van der Waals surface area contributed by atoms with Crippen molar-refractivity contribution in [3.63, 3.8) is 0 Å². The first-order valence-electron chi connectivity index (χ1n) is 9.00. The molecule has 26 heavy (non-hydrogen) atoms. The summed E-state index contributed by atoms with van der Waals surface area (Å²) < 4.78 is 16.3. The molecule has 1 heterocycles. The Bertz CT molecular complexity index is 820. The zero-order valence-corrected chi connectivity index (χ0v) is 14.7. The number of hydrogen-bond donors (Lipinski definition) is 2. The largest absolute Gasteiger partial charge is 0.492 e. The number of fused-ring (bicyclic) bond motifs is 2. The van der Waals surface area contributed by atoms with Crippen LogP contribution in [0.2, 0.25) is 0 Å². The van der Waals surface area contributed by atoms with Gasteiger partial charge in [-0.2, -0.15) is 0 Å². The number of aliphatic imine (C=N–C) groups is 1. The van der Waals surface area contributed by atoms with Gasteiger partial charge in [0, 0.05) is 11.8 Å². The third kappa shape index (κ3) is 3.69. The van der Waals surface area contributed by atoms with E-state index in [2.05, 4.69) is 28.5 Å². The monoisotopic (exact) mass is 353 g/mol. The van der Waals surface area contributed by atoms with Gasteiger partial charge < -0.3 is 25.3 Å². The SMILES string of the molecule is NC(=NCCOc1ccc2c(c1)OCO2)Nc1cccc2c1CCCC2. The Morgan fingerprint density at radius 3 is 2.96 bits per heavy atom. The standard InChI is InChI=1S/C20H23N3O3/c21-20(23-17-7-3-5-14-4-1-2-6-16(14)17)22-10-11-24-15-8-9-18-19(12-15)26-13-25-18/h3,5,7-9,12H,1-2,4,6,10-11,13H2,(H3,21,22,23). The van der Waals surface area contributed by atoms with Crippen LogP contribution in [0.1, 0.15) is 24.0 Å². The van der Waals surface area contributed by atoms with Crippen LogP contribution in [-0.2, 0) is 12.8 Å². The van der Waals surface area contributed by atoms with Crippen molar-refractivity contribution < 1.29 is 14.2 Å². The van der Waals surface area contributed by atoms with Crippen molar-refractivity contribution in [1.82, 2.24) is 0 Å². The highest BCUT2D eigenvalue weighted by Crippen LogP contribution is 2.35. The van der Waals surface area contributed by atoms with Crippen LogP contribution >= 0.6 is 0 Å². The molecule has 3 N–H and O–H groups in total. The quantitative estimate of drug-likeness (QED) is 0.491. The first-order chi connectivity index (χ1) is 12.8. The Kier molecular flexibility index (Phi) is 4.82. The minimum Gasteiger partial charge on any atom is -0.492 e. The average molecular weight is 353 g/mol. The Balaban J connectivity index is 1.30. The molecule has 0 fully saturated rings. The average Bonchev–Trinajstić information content (AvgIpc) is 3.13. The lowest BCUT2D eigenvalue weighted by molar-refractivity contribution is 0.174. The number of nitrogens with zero attached hydrogens (tertiary/aromatic N) is 1. The Hall–Kier alpha value is -2.89. The third-order valence-electron chi connectivity index (χ3n) is 4.64. The van der Waals surface area contributed by atoms with Crippen molar-refractivity contribution in [3.8, 4) is 17.2 Å². The van der Waals surface area contributed by atoms with E-state index in [1.54, 1.807) is 0 Å². The van der Waals surface area contributed by atoms with Gasteiger partial charge in [-0.25, -0.2) is 4.99 Å². The van der Waals surface area contributed by atoms with Crippen molar-refractivity contribution in [2.75, 3.05) is 25.3 Å². The van der Waals surface area contributed by atoms with Crippen LogP contribution in [0.5, 0.6) is 17.2 Å². The van der Waals surface area contributed by atoms with Gasteiger partial charge in [-0.05, 0) is 55.0 Å². The molecule has 6 nitrogen and oxygen atoms in total. The highest BCUT2D eigenvalue weighted by Gasteiger charge is 2.14. The predicted molar refractivity (Wildman–Crippen MR) is 101 cm³/mol. The first kappa shape index (κ1) is 16.6. The molecule has 0 saturated carbocycles. The lowest BCUT2D eigenvalue weighted by atomic mass is 9.90. The Labute approximate surface area is 153 Å². The second kappa shape index (κ2) is 7.56. The molecule has 0 unspecified atom stereocenters. The predicted octanol–water partition coefficient (Wildman–Crippen LogP) is 3.10. The van der Waals surface area contributed by atoms with E-state index in [0.717, 1.165) is 30.0 Å². The minimum atomic E-state index is 0.258. The molecule has 2 aliphatic rings. The van der Waals surface area contributed by atoms with Crippen molar-refractivity contribution in [2.45, 2.75) is 25.7 Å². The van der Waals surface area contributed by atoms with Gasteiger partial charge in [-0.3, -0.25) is 0 Å². The summed E-state index contributed by atoms with van der Waals surface area (Å²) in [6.07, 6.45) is 4.73. The van der Waals surface area contributed by atoms with Crippen LogP contribution in [0.15, 0.2) is 41.4 Å². The lowest BCUT2D eigenvalue weighted by Crippen LogP contribution is -2.25. The van der Waals surface area contributed by atoms with Crippen molar-refractivity contribution >= 4 is 11.6 Å². The number of ether oxygens (including phenoxy) is 3. The smallest absolute Gasteiger partial charge is 0.231 e. The van der Waals surface area contributed by atoms with Gasteiger partial charge in [0.15, 0.2) is 17.5 Å². The molecule has 6 heteroatoms. The van der Waals surface area contributed by atoms with Crippen LogP contribution in [0.3, 0.4) is 0 Å². The summed E-state index contributed by atoms with van der Waals surface area (Å²) in [6, 6.07) is 11.9. The molecule has 0 saturated heterocycles. The van der Waals surface area contributed by atoms with E-state index < -0.39 is 0 Å². The topological polar surface area (TPSA) is 78.1 Å². The van der Waals surface area contributed by atoms with Gasteiger partial charge in [0.2, 0.25) is 6.79 Å². The highest BCUT2D eigenvalue weighted by atomic mass is 16.7. The second-order valence-electron chi connectivity index (χ2n) is 6.41. The van der Waals surface area contributed by atoms with Gasteiger partial charge in [-0.15, -0.1) is 0 Å². The maximum atomic E-state index is 6.04. The van der Waals surface area contributed by atoms with Crippen LogP contribution < -0.4 is 25.3 Å². The highest BCUT2D eigenvalue weighted by molar-refractivity contribution is 5.93. The fourth-order valence-electron chi connectivity index (χ4n) is 3.37. The van der Waals surface area contributed by atoms with Gasteiger partial charge in [-0.1, -0.05) is 12.1 Å².